The van der Waals surface area contributed by atoms with E-state index in [1.807, 2.05) is 19.9 Å². The summed E-state index contributed by atoms with van der Waals surface area (Å²) in [6, 6.07) is 0. The topological polar surface area (TPSA) is 71.4 Å². The van der Waals surface area contributed by atoms with Gasteiger partial charge in [-0.3, -0.25) is 14.4 Å². The Morgan fingerprint density at radius 1 is 1.21 bits per heavy atom. The molecule has 3 aliphatic carbocycles. The number of Topliss-reactive ketones (excluding diaryl/α,β-unsaturated/α-hetero) is 2. The number of fused-ring (bicyclic) bond motifs is 2. The van der Waals surface area contributed by atoms with E-state index in [4.69, 9.17) is 0 Å². The van der Waals surface area contributed by atoms with Gasteiger partial charge < -0.3 is 5.11 Å². The van der Waals surface area contributed by atoms with Crippen LogP contribution in [0.3, 0.4) is 0 Å². The highest BCUT2D eigenvalue weighted by atomic mass is 16.4. The summed E-state index contributed by atoms with van der Waals surface area (Å²) in [7, 11) is 0. The van der Waals surface area contributed by atoms with Crippen LogP contribution in [0, 0.1) is 22.7 Å². The van der Waals surface area contributed by atoms with Crippen molar-refractivity contribution in [3.63, 3.8) is 0 Å². The Kier molecular flexibility index (Phi) is 3.85. The molecule has 0 radical (unpaired) electrons. The van der Waals surface area contributed by atoms with Gasteiger partial charge in [-0.15, -0.1) is 0 Å². The third-order valence-electron chi connectivity index (χ3n) is 6.43. The number of hydrogen-bond acceptors (Lipinski definition) is 3. The molecule has 3 aliphatic rings. The molecule has 0 aromatic carbocycles. The quantitative estimate of drug-likeness (QED) is 0.619. The summed E-state index contributed by atoms with van der Waals surface area (Å²) in [5, 5.41) is 10.2. The van der Waals surface area contributed by atoms with Gasteiger partial charge in [-0.2, -0.15) is 0 Å². The second-order valence-electron chi connectivity index (χ2n) is 8.52. The van der Waals surface area contributed by atoms with E-state index in [1.54, 1.807) is 0 Å². The Hall–Kier alpha value is -1.71. The van der Waals surface area contributed by atoms with E-state index in [0.717, 1.165) is 24.8 Å². The van der Waals surface area contributed by atoms with E-state index in [0.29, 0.717) is 24.0 Å². The molecule has 3 rings (SSSR count). The average Bonchev–Trinajstić information content (AvgIpc) is 2.49. The largest absolute Gasteiger partial charge is 0.481 e. The number of carboxylic acids is 1. The Bertz CT molecular complexity index is 692. The molecule has 1 N–H and O–H groups in total. The zero-order valence-electron chi connectivity index (χ0n) is 14.9. The highest BCUT2D eigenvalue weighted by Gasteiger charge is 2.60. The van der Waals surface area contributed by atoms with Crippen LogP contribution in [-0.2, 0) is 14.4 Å². The number of carbonyl (C=O) groups excluding carboxylic acids is 2. The fourth-order valence-corrected chi connectivity index (χ4v) is 5.27. The van der Waals surface area contributed by atoms with Crippen LogP contribution in [0.1, 0.15) is 59.8 Å². The molecule has 2 atom stereocenters. The molecular weight excluding hydrogens is 304 g/mol. The van der Waals surface area contributed by atoms with Gasteiger partial charge in [0.2, 0.25) is 11.6 Å². The number of allylic oxidation sites excluding steroid dienone is 3. The first-order valence-electron chi connectivity index (χ1n) is 8.90. The number of hydrogen-bond donors (Lipinski definition) is 1. The fraction of sp³-hybridized carbons (Fsp3) is 0.650. The van der Waals surface area contributed by atoms with Crippen LogP contribution in [0.2, 0.25) is 0 Å². The molecule has 1 fully saturated rings. The van der Waals surface area contributed by atoms with Gasteiger partial charge in [0.05, 0.1) is 0 Å². The van der Waals surface area contributed by atoms with Crippen molar-refractivity contribution in [2.45, 2.75) is 59.8 Å². The highest BCUT2D eigenvalue weighted by Crippen LogP contribution is 2.60. The molecular formula is C20H26O4. The van der Waals surface area contributed by atoms with Crippen molar-refractivity contribution in [3.05, 3.63) is 22.8 Å². The molecule has 0 saturated heterocycles. The molecule has 2 unspecified atom stereocenters. The maximum absolute atomic E-state index is 12.9. The second kappa shape index (κ2) is 5.40. The first-order chi connectivity index (χ1) is 11.1. The fourth-order valence-electron chi connectivity index (χ4n) is 5.27. The smallest absolute Gasteiger partial charge is 0.314 e. The van der Waals surface area contributed by atoms with Crippen LogP contribution in [0.25, 0.3) is 0 Å². The van der Waals surface area contributed by atoms with E-state index in [2.05, 4.69) is 13.8 Å². The zero-order chi connectivity index (χ0) is 17.9. The third-order valence-corrected chi connectivity index (χ3v) is 6.43. The third kappa shape index (κ3) is 2.15. The molecule has 0 aliphatic heterocycles. The van der Waals surface area contributed by atoms with E-state index in [1.165, 1.54) is 0 Å². The van der Waals surface area contributed by atoms with Gasteiger partial charge in [0.15, 0.2) is 0 Å². The van der Waals surface area contributed by atoms with Gasteiger partial charge in [0.1, 0.15) is 5.41 Å². The maximum Gasteiger partial charge on any atom is 0.314 e. The Labute approximate surface area is 143 Å². The Morgan fingerprint density at radius 2 is 1.88 bits per heavy atom. The van der Waals surface area contributed by atoms with Crippen molar-refractivity contribution in [2.24, 2.45) is 22.7 Å². The van der Waals surface area contributed by atoms with Crippen LogP contribution in [-0.4, -0.2) is 22.6 Å². The van der Waals surface area contributed by atoms with Crippen molar-refractivity contribution < 1.29 is 19.5 Å². The monoisotopic (exact) mass is 330 g/mol. The number of ketones is 2. The molecule has 0 aromatic rings. The molecule has 0 spiro atoms. The Morgan fingerprint density at radius 3 is 2.46 bits per heavy atom. The first kappa shape index (κ1) is 17.1. The normalized spacial score (nSPS) is 32.4. The predicted octanol–water partition coefficient (Wildman–Crippen LogP) is 3.71. The van der Waals surface area contributed by atoms with Gasteiger partial charge in [-0.25, -0.2) is 0 Å². The lowest BCUT2D eigenvalue weighted by Crippen LogP contribution is -2.54. The van der Waals surface area contributed by atoms with Crippen molar-refractivity contribution in [3.8, 4) is 0 Å². The molecule has 4 heteroatoms. The zero-order valence-corrected chi connectivity index (χ0v) is 14.9. The summed E-state index contributed by atoms with van der Waals surface area (Å²) >= 11 is 0. The lowest BCUT2D eigenvalue weighted by Gasteiger charge is -2.53. The summed E-state index contributed by atoms with van der Waals surface area (Å²) in [6.45, 7) is 7.99. The molecule has 0 heterocycles. The number of aliphatic carboxylic acids is 1. The summed E-state index contributed by atoms with van der Waals surface area (Å²) in [5.74, 6) is -2.14. The van der Waals surface area contributed by atoms with E-state index < -0.39 is 23.0 Å². The molecule has 1 saturated carbocycles. The lowest BCUT2D eigenvalue weighted by atomic mass is 9.48. The molecule has 0 amide bonds. The molecule has 0 aromatic heterocycles. The SMILES string of the molecule is CC(C)C1=CC2=C(C(=O)C1=O)C1(C(=O)O)CCCC(C)(C)C1CC2. The first-order valence-corrected chi connectivity index (χ1v) is 8.90. The summed E-state index contributed by atoms with van der Waals surface area (Å²) in [5.41, 5.74) is 0.280. The highest BCUT2D eigenvalue weighted by molar-refractivity contribution is 6.51. The van der Waals surface area contributed by atoms with E-state index in [9.17, 15) is 19.5 Å². The van der Waals surface area contributed by atoms with Gasteiger partial charge in [-0.05, 0) is 48.5 Å². The van der Waals surface area contributed by atoms with E-state index >= 15 is 0 Å². The van der Waals surface area contributed by atoms with Crippen LogP contribution in [0.15, 0.2) is 22.8 Å². The Balaban J connectivity index is 2.25. The van der Waals surface area contributed by atoms with E-state index in [-0.39, 0.29) is 17.3 Å². The summed E-state index contributed by atoms with van der Waals surface area (Å²) in [6.07, 6.45) is 5.46. The average molecular weight is 330 g/mol. The van der Waals surface area contributed by atoms with Crippen LogP contribution < -0.4 is 0 Å². The van der Waals surface area contributed by atoms with Crippen LogP contribution >= 0.6 is 0 Å². The van der Waals surface area contributed by atoms with Crippen LogP contribution in [0.5, 0.6) is 0 Å². The molecule has 24 heavy (non-hydrogen) atoms. The standard InChI is InChI=1S/C20H26O4/c1-11(2)13-10-12-6-7-14-19(3,4)8-5-9-20(14,18(23)24)15(12)17(22)16(13)21/h10-11,14H,5-9H2,1-4H3,(H,23,24). The minimum absolute atomic E-state index is 0.0307. The van der Waals surface area contributed by atoms with Crippen molar-refractivity contribution in [1.29, 1.82) is 0 Å². The minimum Gasteiger partial charge on any atom is -0.481 e. The van der Waals surface area contributed by atoms with Crippen LogP contribution in [0.4, 0.5) is 0 Å². The number of carboxylic acid groups (broad SMARTS) is 1. The van der Waals surface area contributed by atoms with Gasteiger partial charge in [-0.1, -0.05) is 40.2 Å². The molecule has 0 bridgehead atoms. The van der Waals surface area contributed by atoms with Gasteiger partial charge >= 0.3 is 5.97 Å². The molecule has 130 valence electrons. The lowest BCUT2D eigenvalue weighted by molar-refractivity contribution is -0.159. The predicted molar refractivity (Wildman–Crippen MR) is 90.4 cm³/mol. The summed E-state index contributed by atoms with van der Waals surface area (Å²) < 4.78 is 0. The summed E-state index contributed by atoms with van der Waals surface area (Å²) in [4.78, 5) is 37.9. The van der Waals surface area contributed by atoms with Gasteiger partial charge in [0, 0.05) is 11.1 Å². The number of rotatable bonds is 2. The maximum atomic E-state index is 12.9. The van der Waals surface area contributed by atoms with Crippen molar-refractivity contribution in [2.75, 3.05) is 0 Å². The molecule has 4 nitrogen and oxygen atoms in total. The van der Waals surface area contributed by atoms with Gasteiger partial charge in [0.25, 0.3) is 0 Å². The number of carbonyl (C=O) groups is 3. The second-order valence-corrected chi connectivity index (χ2v) is 8.52. The van der Waals surface area contributed by atoms with Crippen molar-refractivity contribution >= 4 is 17.5 Å². The van der Waals surface area contributed by atoms with Crippen molar-refractivity contribution in [1.82, 2.24) is 0 Å². The minimum atomic E-state index is -1.19.